The Morgan fingerprint density at radius 3 is 2.71 bits per heavy atom. The molecule has 1 aromatic heterocycles. The number of nitrogens with zero attached hydrogens (tertiary/aromatic N) is 3. The molecule has 2 aromatic rings. The van der Waals surface area contributed by atoms with E-state index in [1.165, 1.54) is 25.1 Å². The number of alkyl halides is 2. The van der Waals surface area contributed by atoms with Crippen LogP contribution in [0.3, 0.4) is 0 Å². The summed E-state index contributed by atoms with van der Waals surface area (Å²) in [5.41, 5.74) is -0.479. The molecular weight excluding hydrogens is 432 g/mol. The topological polar surface area (TPSA) is 103 Å². The summed E-state index contributed by atoms with van der Waals surface area (Å²) in [5.74, 6) is -2.59. The van der Waals surface area contributed by atoms with E-state index >= 15 is 0 Å². The van der Waals surface area contributed by atoms with E-state index in [1.807, 2.05) is 0 Å². The van der Waals surface area contributed by atoms with E-state index < -0.39 is 33.2 Å². The van der Waals surface area contributed by atoms with Crippen LogP contribution in [0.2, 0.25) is 0 Å². The first-order valence-corrected chi connectivity index (χ1v) is 11.7. The Labute approximate surface area is 178 Å². The number of piperidine rings is 1. The minimum Gasteiger partial charge on any atom is -0.484 e. The molecule has 0 N–H and O–H groups in total. The van der Waals surface area contributed by atoms with Gasteiger partial charge in [0, 0.05) is 26.3 Å². The molecule has 1 amide bonds. The number of hydrogen-bond donors (Lipinski definition) is 0. The molecule has 3 atom stereocenters. The minimum absolute atomic E-state index is 0.0721. The van der Waals surface area contributed by atoms with Crippen molar-refractivity contribution < 1.29 is 31.3 Å². The molecule has 1 saturated heterocycles. The van der Waals surface area contributed by atoms with Crippen LogP contribution in [0.25, 0.3) is 0 Å². The molecule has 2 unspecified atom stereocenters. The third-order valence-electron chi connectivity index (χ3n) is 6.01. The van der Waals surface area contributed by atoms with Gasteiger partial charge in [0.15, 0.2) is 21.8 Å². The zero-order chi connectivity index (χ0) is 22.8. The van der Waals surface area contributed by atoms with Crippen molar-refractivity contribution in [3.63, 3.8) is 0 Å². The fourth-order valence-electron chi connectivity index (χ4n) is 3.94. The van der Waals surface area contributed by atoms with Crippen LogP contribution < -0.4 is 4.74 Å². The maximum atomic E-state index is 13.7. The standard InChI is InChI=1S/C20H23F2N3O5S/c1-11(19(3,21)22)29-16-6-5-14(31(4,27)28)7-15(16)17(26)25-9-13-8-20(13,10-25)18-23-12(2)24-30-18/h5-7,11,13H,8-10H2,1-4H3/t11-,13?,20?/m1/s1. The Balaban J connectivity index is 1.65. The molecule has 11 heteroatoms. The van der Waals surface area contributed by atoms with Crippen LogP contribution in [0.15, 0.2) is 27.6 Å². The number of likely N-dealkylation sites (tertiary alicyclic amines) is 1. The minimum atomic E-state index is -3.62. The van der Waals surface area contributed by atoms with Crippen LogP contribution in [-0.2, 0) is 15.3 Å². The highest BCUT2D eigenvalue weighted by Crippen LogP contribution is 2.58. The molecular formula is C20H23F2N3O5S. The number of aromatic nitrogens is 2. The van der Waals surface area contributed by atoms with E-state index in [1.54, 1.807) is 11.8 Å². The van der Waals surface area contributed by atoms with Gasteiger partial charge in [-0.25, -0.2) is 17.2 Å². The van der Waals surface area contributed by atoms with Gasteiger partial charge < -0.3 is 14.2 Å². The predicted octanol–water partition coefficient (Wildman–Crippen LogP) is 2.62. The summed E-state index contributed by atoms with van der Waals surface area (Å²) in [6.07, 6.45) is 0.310. The van der Waals surface area contributed by atoms with E-state index in [-0.39, 0.29) is 22.1 Å². The molecule has 0 spiro atoms. The van der Waals surface area contributed by atoms with E-state index in [0.29, 0.717) is 31.7 Å². The number of carbonyl (C=O) groups excluding carboxylic acids is 1. The number of amides is 1. The van der Waals surface area contributed by atoms with Gasteiger partial charge in [-0.2, -0.15) is 4.98 Å². The zero-order valence-electron chi connectivity index (χ0n) is 17.6. The lowest BCUT2D eigenvalue weighted by molar-refractivity contribution is -0.0720. The van der Waals surface area contributed by atoms with E-state index in [2.05, 4.69) is 10.1 Å². The van der Waals surface area contributed by atoms with Gasteiger partial charge in [0.25, 0.3) is 11.8 Å². The Bertz CT molecular complexity index is 1140. The SMILES string of the molecule is Cc1noc(C23CC2CN(C(=O)c2cc(S(C)(=O)=O)ccc2O[C@H](C)C(C)(F)F)C3)n1. The van der Waals surface area contributed by atoms with E-state index in [4.69, 9.17) is 9.26 Å². The molecule has 4 rings (SSSR count). The second kappa shape index (κ2) is 6.98. The number of rotatable bonds is 6. The zero-order valence-corrected chi connectivity index (χ0v) is 18.4. The monoisotopic (exact) mass is 455 g/mol. The predicted molar refractivity (Wildman–Crippen MR) is 105 cm³/mol. The highest BCUT2D eigenvalue weighted by Gasteiger charge is 2.65. The molecule has 2 heterocycles. The van der Waals surface area contributed by atoms with Gasteiger partial charge in [0.1, 0.15) is 5.75 Å². The summed E-state index contributed by atoms with van der Waals surface area (Å²) >= 11 is 0. The number of fused-ring (bicyclic) bond motifs is 1. The molecule has 1 aromatic carbocycles. The van der Waals surface area contributed by atoms with Crippen LogP contribution in [0, 0.1) is 12.8 Å². The van der Waals surface area contributed by atoms with Crippen LogP contribution >= 0.6 is 0 Å². The van der Waals surface area contributed by atoms with Crippen molar-refractivity contribution in [2.45, 2.75) is 49.5 Å². The smallest absolute Gasteiger partial charge is 0.281 e. The number of sulfone groups is 1. The molecule has 0 bridgehead atoms. The van der Waals surface area contributed by atoms with Gasteiger partial charge in [-0.3, -0.25) is 4.79 Å². The van der Waals surface area contributed by atoms with Gasteiger partial charge in [0.05, 0.1) is 15.9 Å². The van der Waals surface area contributed by atoms with Crippen molar-refractivity contribution in [2.75, 3.05) is 19.3 Å². The lowest BCUT2D eigenvalue weighted by Gasteiger charge is -2.25. The van der Waals surface area contributed by atoms with Crippen molar-refractivity contribution >= 4 is 15.7 Å². The highest BCUT2D eigenvalue weighted by molar-refractivity contribution is 7.90. The number of ether oxygens (including phenoxy) is 1. The summed E-state index contributed by atoms with van der Waals surface area (Å²) in [6.45, 7) is 4.36. The van der Waals surface area contributed by atoms with E-state index in [9.17, 15) is 22.0 Å². The largest absolute Gasteiger partial charge is 0.484 e. The van der Waals surface area contributed by atoms with Crippen molar-refractivity contribution in [3.05, 3.63) is 35.5 Å². The summed E-state index contributed by atoms with van der Waals surface area (Å²) < 4.78 is 62.0. The maximum absolute atomic E-state index is 13.7. The number of aryl methyl sites for hydroxylation is 1. The quantitative estimate of drug-likeness (QED) is 0.660. The van der Waals surface area contributed by atoms with Crippen molar-refractivity contribution in [3.8, 4) is 5.75 Å². The molecule has 2 fully saturated rings. The van der Waals surface area contributed by atoms with Gasteiger partial charge in [-0.05, 0) is 44.4 Å². The first kappa shape index (κ1) is 21.7. The summed E-state index contributed by atoms with van der Waals surface area (Å²) in [7, 11) is -3.62. The first-order valence-electron chi connectivity index (χ1n) is 9.80. The molecule has 1 aliphatic carbocycles. The molecule has 1 aliphatic heterocycles. The van der Waals surface area contributed by atoms with Gasteiger partial charge >= 0.3 is 0 Å². The fourth-order valence-corrected chi connectivity index (χ4v) is 4.59. The van der Waals surface area contributed by atoms with Crippen LogP contribution in [-0.4, -0.2) is 60.7 Å². The third kappa shape index (κ3) is 3.90. The second-order valence-corrected chi connectivity index (χ2v) is 10.6. The number of benzene rings is 1. The summed E-state index contributed by atoms with van der Waals surface area (Å²) in [4.78, 5) is 19.1. The van der Waals surface area contributed by atoms with Gasteiger partial charge in [-0.15, -0.1) is 0 Å². The number of halogens is 2. The third-order valence-corrected chi connectivity index (χ3v) is 7.12. The molecule has 1 saturated carbocycles. The summed E-state index contributed by atoms with van der Waals surface area (Å²) in [5, 5.41) is 3.82. The molecule has 8 nitrogen and oxygen atoms in total. The normalized spacial score (nSPS) is 24.1. The van der Waals surface area contributed by atoms with Crippen LogP contribution in [0.1, 0.15) is 42.3 Å². The summed E-state index contributed by atoms with van der Waals surface area (Å²) in [6, 6.07) is 3.67. The van der Waals surface area contributed by atoms with E-state index in [0.717, 1.165) is 12.7 Å². The lowest BCUT2D eigenvalue weighted by Crippen LogP contribution is -2.35. The Morgan fingerprint density at radius 2 is 2.13 bits per heavy atom. The average Bonchev–Trinajstić information content (AvgIpc) is 2.99. The Morgan fingerprint density at radius 1 is 1.42 bits per heavy atom. The fraction of sp³-hybridized carbons (Fsp3) is 0.550. The second-order valence-electron chi connectivity index (χ2n) is 8.54. The van der Waals surface area contributed by atoms with Crippen LogP contribution in [0.5, 0.6) is 5.75 Å². The maximum Gasteiger partial charge on any atom is 0.281 e. The highest BCUT2D eigenvalue weighted by atomic mass is 32.2. The van der Waals surface area contributed by atoms with Gasteiger partial charge in [0.2, 0.25) is 5.89 Å². The Kier molecular flexibility index (Phi) is 4.87. The Hall–Kier alpha value is -2.56. The average molecular weight is 455 g/mol. The molecule has 0 radical (unpaired) electrons. The van der Waals surface area contributed by atoms with Crippen molar-refractivity contribution in [1.29, 1.82) is 0 Å². The molecule has 2 aliphatic rings. The van der Waals surface area contributed by atoms with Crippen molar-refractivity contribution in [2.24, 2.45) is 5.92 Å². The van der Waals surface area contributed by atoms with Gasteiger partial charge in [-0.1, -0.05) is 5.16 Å². The molecule has 168 valence electrons. The number of hydrogen-bond acceptors (Lipinski definition) is 7. The van der Waals surface area contributed by atoms with Crippen molar-refractivity contribution in [1.82, 2.24) is 15.0 Å². The lowest BCUT2D eigenvalue weighted by atomic mass is 10.1. The molecule has 31 heavy (non-hydrogen) atoms. The van der Waals surface area contributed by atoms with Crippen LogP contribution in [0.4, 0.5) is 8.78 Å². The first-order chi connectivity index (χ1) is 14.3. The number of carbonyl (C=O) groups is 1.